The van der Waals surface area contributed by atoms with Gasteiger partial charge in [-0.25, -0.2) is 8.78 Å². The lowest BCUT2D eigenvalue weighted by molar-refractivity contribution is -0.168. The van der Waals surface area contributed by atoms with E-state index in [1.165, 1.54) is 4.90 Å². The number of nitrogens with two attached hydrogens (primary N) is 1. The number of rotatable bonds is 2. The van der Waals surface area contributed by atoms with E-state index in [9.17, 15) is 13.6 Å². The molecule has 0 aromatic rings. The Morgan fingerprint density at radius 3 is 2.25 bits per heavy atom. The van der Waals surface area contributed by atoms with Gasteiger partial charge in [-0.1, -0.05) is 12.8 Å². The van der Waals surface area contributed by atoms with Gasteiger partial charge in [0, 0.05) is 0 Å². The standard InChI is InChI=1S/C10H16F2N2O.ClH/c11-10(12)5-14(6-10)9(15)8(13)7-3-1-2-4-7;/h7-8H,1-6,13H2;1H/t8-;/m0./s1. The SMILES string of the molecule is Cl.N[C@H](C(=O)N1CC(F)(F)C1)C1CCCC1. The van der Waals surface area contributed by atoms with Gasteiger partial charge in [0.15, 0.2) is 0 Å². The Kier molecular flexibility index (Phi) is 4.12. The lowest BCUT2D eigenvalue weighted by atomic mass is 9.96. The molecule has 0 radical (unpaired) electrons. The van der Waals surface area contributed by atoms with E-state index in [1.54, 1.807) is 0 Å². The number of carbonyl (C=O) groups is 1. The first-order chi connectivity index (χ1) is 6.99. The second kappa shape index (κ2) is 4.84. The van der Waals surface area contributed by atoms with Crippen LogP contribution >= 0.6 is 12.4 Å². The summed E-state index contributed by atoms with van der Waals surface area (Å²) in [5.41, 5.74) is 5.79. The molecule has 1 heterocycles. The highest BCUT2D eigenvalue weighted by molar-refractivity contribution is 5.85. The maximum atomic E-state index is 12.6. The summed E-state index contributed by atoms with van der Waals surface area (Å²) in [5, 5.41) is 0. The maximum Gasteiger partial charge on any atom is 0.282 e. The van der Waals surface area contributed by atoms with Crippen molar-refractivity contribution in [3.63, 3.8) is 0 Å². The molecule has 0 aromatic carbocycles. The minimum absolute atomic E-state index is 0. The molecule has 1 saturated heterocycles. The molecule has 94 valence electrons. The van der Waals surface area contributed by atoms with E-state index in [4.69, 9.17) is 5.73 Å². The number of halogens is 3. The summed E-state index contributed by atoms with van der Waals surface area (Å²) in [4.78, 5) is 12.8. The average molecular weight is 255 g/mol. The van der Waals surface area contributed by atoms with Crippen LogP contribution in [0.3, 0.4) is 0 Å². The van der Waals surface area contributed by atoms with Crippen molar-refractivity contribution >= 4 is 18.3 Å². The van der Waals surface area contributed by atoms with Crippen LogP contribution < -0.4 is 5.73 Å². The van der Waals surface area contributed by atoms with Crippen molar-refractivity contribution < 1.29 is 13.6 Å². The Labute approximate surface area is 99.8 Å². The molecule has 2 rings (SSSR count). The zero-order chi connectivity index (χ0) is 11.1. The highest BCUT2D eigenvalue weighted by Gasteiger charge is 2.48. The normalized spacial score (nSPS) is 25.8. The fraction of sp³-hybridized carbons (Fsp3) is 0.900. The lowest BCUT2D eigenvalue weighted by Crippen LogP contribution is -2.62. The molecule has 2 aliphatic rings. The van der Waals surface area contributed by atoms with Crippen molar-refractivity contribution in [3.05, 3.63) is 0 Å². The third-order valence-corrected chi connectivity index (χ3v) is 3.35. The first-order valence-corrected chi connectivity index (χ1v) is 5.42. The second-order valence-electron chi connectivity index (χ2n) is 4.62. The number of likely N-dealkylation sites (tertiary alicyclic amines) is 1. The molecular weight excluding hydrogens is 238 g/mol. The summed E-state index contributed by atoms with van der Waals surface area (Å²) in [6, 6.07) is -0.566. The third kappa shape index (κ3) is 2.63. The Bertz CT molecular complexity index is 262. The van der Waals surface area contributed by atoms with Gasteiger partial charge in [-0.2, -0.15) is 0 Å². The van der Waals surface area contributed by atoms with Gasteiger partial charge in [-0.3, -0.25) is 4.79 Å². The van der Waals surface area contributed by atoms with E-state index < -0.39 is 25.1 Å². The van der Waals surface area contributed by atoms with Crippen molar-refractivity contribution in [2.24, 2.45) is 11.7 Å². The minimum atomic E-state index is -2.69. The second-order valence-corrected chi connectivity index (χ2v) is 4.62. The Morgan fingerprint density at radius 2 is 1.81 bits per heavy atom. The van der Waals surface area contributed by atoms with Gasteiger partial charge < -0.3 is 10.6 Å². The first kappa shape index (κ1) is 13.6. The Balaban J connectivity index is 0.00000128. The lowest BCUT2D eigenvalue weighted by Gasteiger charge is -2.40. The third-order valence-electron chi connectivity index (χ3n) is 3.35. The van der Waals surface area contributed by atoms with E-state index in [-0.39, 0.29) is 24.2 Å². The van der Waals surface area contributed by atoms with Gasteiger partial charge >= 0.3 is 0 Å². The van der Waals surface area contributed by atoms with E-state index in [2.05, 4.69) is 0 Å². The van der Waals surface area contributed by atoms with Crippen molar-refractivity contribution in [2.75, 3.05) is 13.1 Å². The van der Waals surface area contributed by atoms with Gasteiger partial charge in [-0.15, -0.1) is 12.4 Å². The molecule has 16 heavy (non-hydrogen) atoms. The van der Waals surface area contributed by atoms with Crippen LogP contribution in [-0.2, 0) is 4.79 Å². The predicted molar refractivity (Wildman–Crippen MR) is 58.7 cm³/mol. The van der Waals surface area contributed by atoms with Gasteiger partial charge in [-0.05, 0) is 18.8 Å². The highest BCUT2D eigenvalue weighted by atomic mass is 35.5. The van der Waals surface area contributed by atoms with Crippen molar-refractivity contribution in [1.29, 1.82) is 0 Å². The Morgan fingerprint density at radius 1 is 1.31 bits per heavy atom. The number of alkyl halides is 2. The quantitative estimate of drug-likeness (QED) is 0.810. The molecule has 1 saturated carbocycles. The molecular formula is C10H17ClF2N2O. The topological polar surface area (TPSA) is 46.3 Å². The molecule has 2 fully saturated rings. The van der Waals surface area contributed by atoms with Crippen LogP contribution in [0.25, 0.3) is 0 Å². The summed E-state index contributed by atoms with van der Waals surface area (Å²) >= 11 is 0. The summed E-state index contributed by atoms with van der Waals surface area (Å²) in [6.45, 7) is -0.904. The van der Waals surface area contributed by atoms with Gasteiger partial charge in [0.1, 0.15) is 0 Å². The highest BCUT2D eigenvalue weighted by Crippen LogP contribution is 2.31. The smallest absolute Gasteiger partial charge is 0.282 e. The van der Waals surface area contributed by atoms with Crippen LogP contribution in [0.2, 0.25) is 0 Å². The van der Waals surface area contributed by atoms with Gasteiger partial charge in [0.2, 0.25) is 5.91 Å². The monoisotopic (exact) mass is 254 g/mol. The number of amides is 1. The summed E-state index contributed by atoms with van der Waals surface area (Å²) in [7, 11) is 0. The zero-order valence-electron chi connectivity index (χ0n) is 8.99. The fourth-order valence-corrected chi connectivity index (χ4v) is 2.40. The van der Waals surface area contributed by atoms with E-state index in [0.29, 0.717) is 0 Å². The van der Waals surface area contributed by atoms with Gasteiger partial charge in [0.25, 0.3) is 5.92 Å². The molecule has 1 aliphatic heterocycles. The molecule has 6 heteroatoms. The molecule has 1 atom stereocenters. The summed E-state index contributed by atoms with van der Waals surface area (Å²) < 4.78 is 25.1. The van der Waals surface area contributed by atoms with E-state index in [1.807, 2.05) is 0 Å². The minimum Gasteiger partial charge on any atom is -0.329 e. The number of hydrogen-bond acceptors (Lipinski definition) is 2. The number of carbonyl (C=O) groups excluding carboxylic acids is 1. The summed E-state index contributed by atoms with van der Waals surface area (Å²) in [5.74, 6) is -2.79. The van der Waals surface area contributed by atoms with Crippen LogP contribution in [0.1, 0.15) is 25.7 Å². The molecule has 3 nitrogen and oxygen atoms in total. The number of hydrogen-bond donors (Lipinski definition) is 1. The van der Waals surface area contributed by atoms with E-state index in [0.717, 1.165) is 25.7 Å². The molecule has 1 amide bonds. The Hall–Kier alpha value is -0.420. The molecule has 1 aliphatic carbocycles. The van der Waals surface area contributed by atoms with Crippen LogP contribution in [0.4, 0.5) is 8.78 Å². The maximum absolute atomic E-state index is 12.6. The van der Waals surface area contributed by atoms with Crippen LogP contribution in [-0.4, -0.2) is 35.9 Å². The van der Waals surface area contributed by atoms with Gasteiger partial charge in [0.05, 0.1) is 19.1 Å². The van der Waals surface area contributed by atoms with Crippen LogP contribution in [0.15, 0.2) is 0 Å². The largest absolute Gasteiger partial charge is 0.329 e. The van der Waals surface area contributed by atoms with Crippen molar-refractivity contribution in [3.8, 4) is 0 Å². The van der Waals surface area contributed by atoms with E-state index >= 15 is 0 Å². The molecule has 0 bridgehead atoms. The van der Waals surface area contributed by atoms with Crippen LogP contribution in [0, 0.1) is 5.92 Å². The molecule has 2 N–H and O–H groups in total. The summed E-state index contributed by atoms with van der Waals surface area (Å²) in [6.07, 6.45) is 4.11. The molecule has 0 unspecified atom stereocenters. The average Bonchev–Trinajstić information content (AvgIpc) is 2.64. The molecule has 0 aromatic heterocycles. The first-order valence-electron chi connectivity index (χ1n) is 5.42. The van der Waals surface area contributed by atoms with Crippen molar-refractivity contribution in [1.82, 2.24) is 4.90 Å². The number of nitrogens with zero attached hydrogens (tertiary/aromatic N) is 1. The molecule has 0 spiro atoms. The van der Waals surface area contributed by atoms with Crippen molar-refractivity contribution in [2.45, 2.75) is 37.6 Å². The fourth-order valence-electron chi connectivity index (χ4n) is 2.40. The zero-order valence-corrected chi connectivity index (χ0v) is 9.81. The predicted octanol–water partition coefficient (Wildman–Crippen LogP) is 1.40. The van der Waals surface area contributed by atoms with Crippen LogP contribution in [0.5, 0.6) is 0 Å².